The predicted molar refractivity (Wildman–Crippen MR) is 53.8 cm³/mol. The maximum atomic E-state index is 9.15. The molecule has 0 fully saturated rings. The summed E-state index contributed by atoms with van der Waals surface area (Å²) >= 11 is 0. The molecule has 0 radical (unpaired) electrons. The van der Waals surface area contributed by atoms with Crippen molar-refractivity contribution < 1.29 is 5.11 Å². The van der Waals surface area contributed by atoms with Crippen LogP contribution < -0.4 is 0 Å². The number of hydrogen-bond donors (Lipinski definition) is 1. The zero-order valence-electron chi connectivity index (χ0n) is 8.22. The molecule has 3 aromatic heterocycles. The lowest BCUT2D eigenvalue weighted by molar-refractivity contribution is 0.269. The molecule has 0 atom stereocenters. The van der Waals surface area contributed by atoms with Gasteiger partial charge in [0.2, 0.25) is 0 Å². The molecule has 7 heteroatoms. The monoisotopic (exact) mass is 216 g/mol. The van der Waals surface area contributed by atoms with Crippen molar-refractivity contribution in [1.29, 1.82) is 0 Å². The molecule has 0 aliphatic heterocycles. The number of rotatable bonds is 2. The quantitative estimate of drug-likeness (QED) is 0.641. The Bertz CT molecular complexity index is 628. The van der Waals surface area contributed by atoms with E-state index in [0.717, 1.165) is 5.82 Å². The summed E-state index contributed by atoms with van der Waals surface area (Å²) < 4.78 is 3.32. The highest BCUT2D eigenvalue weighted by atomic mass is 16.3. The first kappa shape index (κ1) is 8.98. The zero-order valence-corrected chi connectivity index (χ0v) is 8.22. The summed E-state index contributed by atoms with van der Waals surface area (Å²) in [6.45, 7) is -0.133. The van der Waals surface area contributed by atoms with Gasteiger partial charge in [-0.1, -0.05) is 0 Å². The average Bonchev–Trinajstić information content (AvgIpc) is 2.96. The number of fused-ring (bicyclic) bond motifs is 1. The summed E-state index contributed by atoms with van der Waals surface area (Å²) in [5.41, 5.74) is 0. The summed E-state index contributed by atoms with van der Waals surface area (Å²) in [5, 5.41) is 13.2. The minimum Gasteiger partial charge on any atom is -0.388 e. The third-order valence-electron chi connectivity index (χ3n) is 2.27. The van der Waals surface area contributed by atoms with Gasteiger partial charge in [-0.3, -0.25) is 4.57 Å². The first-order valence-corrected chi connectivity index (χ1v) is 4.68. The lowest BCUT2D eigenvalue weighted by Crippen LogP contribution is -2.07. The zero-order chi connectivity index (χ0) is 11.0. The molecule has 0 aromatic carbocycles. The molecule has 7 nitrogen and oxygen atoms in total. The largest absolute Gasteiger partial charge is 0.388 e. The van der Waals surface area contributed by atoms with Crippen LogP contribution in [0.4, 0.5) is 0 Å². The molecular weight excluding hydrogens is 208 g/mol. The molecule has 3 heterocycles. The number of aliphatic hydroxyl groups excluding tert-OH is 1. The van der Waals surface area contributed by atoms with E-state index >= 15 is 0 Å². The summed E-state index contributed by atoms with van der Waals surface area (Å²) in [7, 11) is 0. The van der Waals surface area contributed by atoms with Crippen molar-refractivity contribution in [2.75, 3.05) is 0 Å². The fraction of sp³-hybridized carbons (Fsp3) is 0.111. The van der Waals surface area contributed by atoms with Crippen LogP contribution in [0.5, 0.6) is 0 Å². The van der Waals surface area contributed by atoms with Gasteiger partial charge in [0.15, 0.2) is 0 Å². The first-order chi connectivity index (χ1) is 7.90. The first-order valence-electron chi connectivity index (χ1n) is 4.68. The van der Waals surface area contributed by atoms with Crippen molar-refractivity contribution in [3.05, 3.63) is 36.8 Å². The number of imidazole rings is 1. The fourth-order valence-corrected chi connectivity index (χ4v) is 1.57. The van der Waals surface area contributed by atoms with E-state index in [9.17, 15) is 0 Å². The van der Waals surface area contributed by atoms with Crippen LogP contribution in [-0.4, -0.2) is 34.2 Å². The lowest BCUT2D eigenvalue weighted by atomic mass is 10.5. The van der Waals surface area contributed by atoms with E-state index < -0.39 is 0 Å². The van der Waals surface area contributed by atoms with Crippen LogP contribution in [-0.2, 0) is 6.61 Å². The molecule has 0 saturated heterocycles. The molecule has 0 saturated carbocycles. The van der Waals surface area contributed by atoms with Gasteiger partial charge in [-0.25, -0.2) is 9.97 Å². The Morgan fingerprint density at radius 1 is 1.19 bits per heavy atom. The van der Waals surface area contributed by atoms with Crippen molar-refractivity contribution in [3.63, 3.8) is 0 Å². The number of aliphatic hydroxyl groups is 1. The normalized spacial score (nSPS) is 11.1. The molecule has 0 bridgehead atoms. The topological polar surface area (TPSA) is 81.1 Å². The molecular formula is C9H8N6O. The lowest BCUT2D eigenvalue weighted by Gasteiger charge is -2.06. The molecule has 1 N–H and O–H groups in total. The van der Waals surface area contributed by atoms with E-state index in [1.165, 1.54) is 6.33 Å². The van der Waals surface area contributed by atoms with Crippen molar-refractivity contribution in [1.82, 2.24) is 29.1 Å². The maximum Gasteiger partial charge on any atom is 0.254 e. The van der Waals surface area contributed by atoms with Gasteiger partial charge in [0.05, 0.1) is 0 Å². The van der Waals surface area contributed by atoms with Crippen LogP contribution in [0.1, 0.15) is 5.82 Å². The molecule has 0 aliphatic carbocycles. The highest BCUT2D eigenvalue weighted by Gasteiger charge is 2.08. The Hall–Kier alpha value is -2.28. The second-order valence-corrected chi connectivity index (χ2v) is 3.15. The number of hydrogen-bond acceptors (Lipinski definition) is 5. The van der Waals surface area contributed by atoms with Gasteiger partial charge in [-0.15, -0.1) is 0 Å². The van der Waals surface area contributed by atoms with Crippen molar-refractivity contribution in [2.24, 2.45) is 0 Å². The van der Waals surface area contributed by atoms with E-state index in [1.807, 2.05) is 0 Å². The van der Waals surface area contributed by atoms with Crippen molar-refractivity contribution in [2.45, 2.75) is 6.61 Å². The summed E-state index contributed by atoms with van der Waals surface area (Å²) in [6.07, 6.45) is 6.44. The van der Waals surface area contributed by atoms with Gasteiger partial charge in [0.1, 0.15) is 24.6 Å². The van der Waals surface area contributed by atoms with Gasteiger partial charge in [-0.05, 0) is 0 Å². The van der Waals surface area contributed by atoms with Crippen molar-refractivity contribution in [3.8, 4) is 5.82 Å². The minimum absolute atomic E-state index is 0.133. The van der Waals surface area contributed by atoms with E-state index in [-0.39, 0.29) is 6.61 Å². The highest BCUT2D eigenvalue weighted by molar-refractivity contribution is 5.35. The van der Waals surface area contributed by atoms with E-state index in [2.05, 4.69) is 20.1 Å². The second-order valence-electron chi connectivity index (χ2n) is 3.15. The Morgan fingerprint density at radius 2 is 2.12 bits per heavy atom. The van der Waals surface area contributed by atoms with Crippen molar-refractivity contribution >= 4 is 5.78 Å². The van der Waals surface area contributed by atoms with Gasteiger partial charge in [-0.2, -0.15) is 14.6 Å². The molecule has 0 aliphatic rings. The van der Waals surface area contributed by atoms with Gasteiger partial charge in [0.25, 0.3) is 5.78 Å². The van der Waals surface area contributed by atoms with Crippen LogP contribution >= 0.6 is 0 Å². The number of aromatic nitrogens is 6. The molecule has 80 valence electrons. The van der Waals surface area contributed by atoms with Crippen LogP contribution in [0.2, 0.25) is 0 Å². The van der Waals surface area contributed by atoms with Gasteiger partial charge < -0.3 is 5.11 Å². The SMILES string of the molecule is OCc1nccn1-c1ccnc2ncnn12. The van der Waals surface area contributed by atoms with E-state index in [4.69, 9.17) is 5.11 Å². The smallest absolute Gasteiger partial charge is 0.254 e. The summed E-state index contributed by atoms with van der Waals surface area (Å²) in [6, 6.07) is 1.78. The molecule has 0 amide bonds. The average molecular weight is 216 g/mol. The van der Waals surface area contributed by atoms with Gasteiger partial charge in [0, 0.05) is 24.7 Å². The van der Waals surface area contributed by atoms with Crippen LogP contribution in [0, 0.1) is 0 Å². The Balaban J connectivity index is 2.29. The third kappa shape index (κ3) is 1.18. The molecule has 3 aromatic rings. The summed E-state index contributed by atoms with van der Waals surface area (Å²) in [4.78, 5) is 12.1. The minimum atomic E-state index is -0.133. The molecule has 0 unspecified atom stereocenters. The summed E-state index contributed by atoms with van der Waals surface area (Å²) in [5.74, 6) is 1.79. The fourth-order valence-electron chi connectivity index (χ4n) is 1.57. The molecule has 16 heavy (non-hydrogen) atoms. The highest BCUT2D eigenvalue weighted by Crippen LogP contribution is 2.10. The Morgan fingerprint density at radius 3 is 3.00 bits per heavy atom. The van der Waals surface area contributed by atoms with Gasteiger partial charge >= 0.3 is 0 Å². The van der Waals surface area contributed by atoms with Crippen LogP contribution in [0.15, 0.2) is 31.0 Å². The van der Waals surface area contributed by atoms with E-state index in [1.54, 1.807) is 33.7 Å². The number of nitrogens with zero attached hydrogens (tertiary/aromatic N) is 6. The standard InChI is InChI=1S/C9H8N6O/c16-5-7-10-3-4-14(7)8-1-2-11-9-12-6-13-15(8)9/h1-4,6,16H,5H2. The molecule has 0 spiro atoms. The molecule has 3 rings (SSSR count). The Kier molecular flexibility index (Phi) is 1.90. The van der Waals surface area contributed by atoms with Crippen LogP contribution in [0.3, 0.4) is 0 Å². The Labute approximate surface area is 90.0 Å². The van der Waals surface area contributed by atoms with E-state index in [0.29, 0.717) is 11.6 Å². The van der Waals surface area contributed by atoms with Crippen LogP contribution in [0.25, 0.3) is 11.6 Å². The maximum absolute atomic E-state index is 9.15. The predicted octanol–water partition coefficient (Wildman–Crippen LogP) is -0.198. The third-order valence-corrected chi connectivity index (χ3v) is 2.27. The second kappa shape index (κ2) is 3.38.